The van der Waals surface area contributed by atoms with Gasteiger partial charge in [0.1, 0.15) is 0 Å². The number of rotatable bonds is 1. The Balaban J connectivity index is 2.92. The monoisotopic (exact) mass is 204 g/mol. The lowest BCUT2D eigenvalue weighted by molar-refractivity contribution is 0.317. The summed E-state index contributed by atoms with van der Waals surface area (Å²) in [6, 6.07) is 0.0715. The molecule has 0 aliphatic heterocycles. The number of nitrogens with zero attached hydrogens (tertiary/aromatic N) is 1. The molecule has 1 fully saturated rings. The molecule has 1 aliphatic carbocycles. The van der Waals surface area contributed by atoms with E-state index in [0.717, 1.165) is 12.8 Å². The summed E-state index contributed by atoms with van der Waals surface area (Å²) in [4.78, 5) is 2.50. The molecule has 0 aromatic rings. The predicted octanol–water partition coefficient (Wildman–Crippen LogP) is -0.521. The van der Waals surface area contributed by atoms with Crippen LogP contribution in [0.2, 0.25) is 0 Å². The van der Waals surface area contributed by atoms with Gasteiger partial charge in [-0.1, -0.05) is 0 Å². The van der Waals surface area contributed by atoms with Gasteiger partial charge in [0.05, 0.1) is 4.86 Å². The maximum Gasteiger partial charge on any atom is 0.214 e. The van der Waals surface area contributed by atoms with Crippen molar-refractivity contribution in [3.05, 3.63) is 0 Å². The average molecular weight is 204 g/mol. The molecule has 2 N–H and O–H groups in total. The standard InChI is InChI=1S/C8H16N2O2S/c1-10(2)7-4-3-6(9)5-8(7)13(11)12/h6-7H,3-5,9H2,1-2H3/t6-,7-/m0/s1. The lowest BCUT2D eigenvalue weighted by Gasteiger charge is -2.31. The van der Waals surface area contributed by atoms with E-state index in [1.54, 1.807) is 0 Å². The minimum absolute atomic E-state index is 0.0177. The van der Waals surface area contributed by atoms with Gasteiger partial charge >= 0.3 is 0 Å². The highest BCUT2D eigenvalue weighted by Crippen LogP contribution is 2.17. The van der Waals surface area contributed by atoms with Crippen molar-refractivity contribution in [1.82, 2.24) is 4.90 Å². The van der Waals surface area contributed by atoms with E-state index in [2.05, 4.69) is 0 Å². The van der Waals surface area contributed by atoms with Crippen molar-refractivity contribution in [2.75, 3.05) is 14.1 Å². The third kappa shape index (κ3) is 2.52. The van der Waals surface area contributed by atoms with Gasteiger partial charge in [-0.15, -0.1) is 0 Å². The molecule has 0 aromatic heterocycles. The van der Waals surface area contributed by atoms with Crippen LogP contribution in [0.5, 0.6) is 0 Å². The highest BCUT2D eigenvalue weighted by Gasteiger charge is 2.27. The Hall–Kier alpha value is -0.390. The third-order valence-electron chi connectivity index (χ3n) is 2.48. The first-order valence-corrected chi connectivity index (χ1v) is 5.47. The van der Waals surface area contributed by atoms with Crippen LogP contribution in [0.1, 0.15) is 19.3 Å². The molecule has 0 heterocycles. The first-order valence-electron chi connectivity index (χ1n) is 4.39. The van der Waals surface area contributed by atoms with E-state index in [-0.39, 0.29) is 12.1 Å². The molecule has 1 rings (SSSR count). The van der Waals surface area contributed by atoms with Gasteiger partial charge in [0.25, 0.3) is 0 Å². The van der Waals surface area contributed by atoms with Crippen molar-refractivity contribution in [1.29, 1.82) is 0 Å². The zero-order valence-electron chi connectivity index (χ0n) is 8.03. The second-order valence-corrected chi connectivity index (χ2v) is 4.72. The van der Waals surface area contributed by atoms with E-state index >= 15 is 0 Å². The molecule has 0 spiro atoms. The van der Waals surface area contributed by atoms with Gasteiger partial charge in [-0.25, -0.2) is 0 Å². The summed E-state index contributed by atoms with van der Waals surface area (Å²) < 4.78 is 21.8. The molecular weight excluding hydrogens is 188 g/mol. The topological polar surface area (TPSA) is 63.4 Å². The third-order valence-corrected chi connectivity index (χ3v) is 3.35. The summed E-state index contributed by atoms with van der Waals surface area (Å²) in [5, 5.41) is 0. The summed E-state index contributed by atoms with van der Waals surface area (Å²) in [5.74, 6) is 0. The van der Waals surface area contributed by atoms with Crippen LogP contribution in [0.15, 0.2) is 0 Å². The predicted molar refractivity (Wildman–Crippen MR) is 53.2 cm³/mol. The summed E-state index contributed by atoms with van der Waals surface area (Å²) in [5.41, 5.74) is 5.71. The molecule has 0 saturated heterocycles. The van der Waals surface area contributed by atoms with Gasteiger partial charge in [0.2, 0.25) is 10.3 Å². The van der Waals surface area contributed by atoms with E-state index in [1.807, 2.05) is 19.0 Å². The number of nitrogens with two attached hydrogens (primary N) is 1. The first kappa shape index (κ1) is 10.7. The van der Waals surface area contributed by atoms with Gasteiger partial charge < -0.3 is 10.6 Å². The highest BCUT2D eigenvalue weighted by molar-refractivity contribution is 7.73. The Bertz CT molecular complexity index is 300. The number of hydrogen-bond donors (Lipinski definition) is 1. The summed E-state index contributed by atoms with van der Waals surface area (Å²) in [7, 11) is 1.72. The molecule has 4 nitrogen and oxygen atoms in total. The van der Waals surface area contributed by atoms with Gasteiger partial charge in [0, 0.05) is 12.1 Å². The maximum atomic E-state index is 10.9. The molecule has 76 valence electrons. The fourth-order valence-electron chi connectivity index (χ4n) is 1.75. The zero-order valence-corrected chi connectivity index (χ0v) is 8.84. The van der Waals surface area contributed by atoms with Crippen molar-refractivity contribution in [2.24, 2.45) is 5.73 Å². The van der Waals surface area contributed by atoms with Gasteiger partial charge in [-0.05, 0) is 33.4 Å². The minimum atomic E-state index is -2.08. The average Bonchev–Trinajstić information content (AvgIpc) is 2.03. The summed E-state index contributed by atoms with van der Waals surface area (Å²) in [6.07, 6.45) is 2.26. The molecule has 13 heavy (non-hydrogen) atoms. The van der Waals surface area contributed by atoms with E-state index < -0.39 is 10.3 Å². The second-order valence-electron chi connectivity index (χ2n) is 3.72. The Morgan fingerprint density at radius 3 is 2.46 bits per heavy atom. The fraction of sp³-hybridized carbons (Fsp3) is 0.875. The summed E-state index contributed by atoms with van der Waals surface area (Å²) in [6.45, 7) is 0. The molecule has 0 bridgehead atoms. The van der Waals surface area contributed by atoms with Crippen molar-refractivity contribution in [3.63, 3.8) is 0 Å². The van der Waals surface area contributed by atoms with Gasteiger partial charge in [-0.3, -0.25) is 0 Å². The minimum Gasteiger partial charge on any atom is -0.327 e. The lowest BCUT2D eigenvalue weighted by Crippen LogP contribution is -2.44. The molecule has 0 radical (unpaired) electrons. The van der Waals surface area contributed by atoms with Crippen molar-refractivity contribution >= 4 is 15.2 Å². The molecule has 0 unspecified atom stereocenters. The highest BCUT2D eigenvalue weighted by atomic mass is 32.2. The van der Waals surface area contributed by atoms with Crippen LogP contribution in [0.4, 0.5) is 0 Å². The van der Waals surface area contributed by atoms with Crippen LogP contribution >= 0.6 is 0 Å². The van der Waals surface area contributed by atoms with Crippen molar-refractivity contribution < 1.29 is 8.42 Å². The maximum absolute atomic E-state index is 10.9. The SMILES string of the molecule is CN(C)[C@H]1CC[C@H](N)CC1=S(=O)=O. The molecule has 1 aliphatic rings. The largest absolute Gasteiger partial charge is 0.327 e. The van der Waals surface area contributed by atoms with Crippen LogP contribution in [0.25, 0.3) is 0 Å². The van der Waals surface area contributed by atoms with E-state index in [0.29, 0.717) is 11.3 Å². The molecule has 1 saturated carbocycles. The van der Waals surface area contributed by atoms with Crippen molar-refractivity contribution in [3.8, 4) is 0 Å². The van der Waals surface area contributed by atoms with Crippen LogP contribution in [-0.2, 0) is 10.3 Å². The van der Waals surface area contributed by atoms with Crippen molar-refractivity contribution in [2.45, 2.75) is 31.3 Å². The summed E-state index contributed by atoms with van der Waals surface area (Å²) >= 11 is 0. The van der Waals surface area contributed by atoms with Gasteiger partial charge in [-0.2, -0.15) is 8.42 Å². The quantitative estimate of drug-likeness (QED) is 0.584. The van der Waals surface area contributed by atoms with E-state index in [4.69, 9.17) is 5.73 Å². The lowest BCUT2D eigenvalue weighted by atomic mass is 9.91. The first-order chi connectivity index (χ1) is 6.02. The Kier molecular flexibility index (Phi) is 3.47. The zero-order chi connectivity index (χ0) is 10.0. The van der Waals surface area contributed by atoms with Gasteiger partial charge in [0.15, 0.2) is 0 Å². The van der Waals surface area contributed by atoms with Crippen LogP contribution < -0.4 is 5.73 Å². The molecular formula is C8H16N2O2S. The molecule has 0 aromatic carbocycles. The van der Waals surface area contributed by atoms with Crippen LogP contribution in [0, 0.1) is 0 Å². The van der Waals surface area contributed by atoms with E-state index in [9.17, 15) is 8.42 Å². The second kappa shape index (κ2) is 4.21. The normalized spacial score (nSPS) is 29.4. The molecule has 0 amide bonds. The number of hydrogen-bond acceptors (Lipinski definition) is 4. The Morgan fingerprint density at radius 1 is 1.38 bits per heavy atom. The molecule has 5 heteroatoms. The Labute approximate surface area is 80.2 Å². The van der Waals surface area contributed by atoms with Crippen LogP contribution in [-0.4, -0.2) is 44.4 Å². The Morgan fingerprint density at radius 2 is 2.00 bits per heavy atom. The molecule has 2 atom stereocenters. The van der Waals surface area contributed by atoms with E-state index in [1.165, 1.54) is 0 Å². The smallest absolute Gasteiger partial charge is 0.214 e. The van der Waals surface area contributed by atoms with Crippen LogP contribution in [0.3, 0.4) is 0 Å². The fourth-order valence-corrected chi connectivity index (χ4v) is 2.66.